The minimum Gasteiger partial charge on any atom is -0.372 e. The maximum atomic E-state index is 12.5. The summed E-state index contributed by atoms with van der Waals surface area (Å²) in [6.07, 6.45) is 3.75. The van der Waals surface area contributed by atoms with Crippen molar-refractivity contribution in [3.63, 3.8) is 0 Å². The Kier molecular flexibility index (Phi) is 3.73. The van der Waals surface area contributed by atoms with Gasteiger partial charge in [-0.15, -0.1) is 0 Å². The number of benzene rings is 1. The molecular weight excluding hydrogens is 264 g/mol. The Bertz CT molecular complexity index is 656. The number of hydrogen-bond acceptors (Lipinski definition) is 4. The largest absolute Gasteiger partial charge is 0.372 e. The van der Waals surface area contributed by atoms with Gasteiger partial charge < -0.3 is 5.32 Å². The fourth-order valence-electron chi connectivity index (χ4n) is 2.62. The van der Waals surface area contributed by atoms with E-state index >= 15 is 0 Å². The molecular formula is C16H18N4O. The lowest BCUT2D eigenvalue weighted by Crippen LogP contribution is -2.45. The third-order valence-electron chi connectivity index (χ3n) is 3.64. The lowest BCUT2D eigenvalue weighted by molar-refractivity contribution is 0.0948. The lowest BCUT2D eigenvalue weighted by Gasteiger charge is -2.31. The highest BCUT2D eigenvalue weighted by atomic mass is 16.2. The van der Waals surface area contributed by atoms with Gasteiger partial charge in [0.05, 0.1) is 11.3 Å². The number of hydrazine groups is 1. The standard InChI is InChI=1S/C16H18N4O/c1-17-15-13(8-4-10-18-15)16(21)19-20-11-5-7-12-6-2-3-9-14(12)20/h2-4,6,8-10H,5,7,11H2,1H3,(H,17,18)(H,19,21). The lowest BCUT2D eigenvalue weighted by atomic mass is 10.0. The Hall–Kier alpha value is -2.56. The highest BCUT2D eigenvalue weighted by molar-refractivity contribution is 5.99. The van der Waals surface area contributed by atoms with Crippen LogP contribution in [0, 0.1) is 0 Å². The number of nitrogens with one attached hydrogen (secondary N) is 2. The number of pyridine rings is 1. The second kappa shape index (κ2) is 5.83. The van der Waals surface area contributed by atoms with Crippen LogP contribution < -0.4 is 15.8 Å². The van der Waals surface area contributed by atoms with Crippen LogP contribution in [0.1, 0.15) is 22.3 Å². The minimum atomic E-state index is -0.149. The van der Waals surface area contributed by atoms with Gasteiger partial charge in [0.15, 0.2) is 0 Å². The molecule has 1 aromatic heterocycles. The SMILES string of the molecule is CNc1ncccc1C(=O)NN1CCCc2ccccc21. The maximum Gasteiger partial charge on any atom is 0.273 e. The number of aromatic nitrogens is 1. The molecule has 0 fully saturated rings. The van der Waals surface area contributed by atoms with Gasteiger partial charge in [0.25, 0.3) is 5.91 Å². The van der Waals surface area contributed by atoms with Crippen molar-refractivity contribution >= 4 is 17.4 Å². The van der Waals surface area contributed by atoms with E-state index in [2.05, 4.69) is 21.8 Å². The molecule has 5 heteroatoms. The van der Waals surface area contributed by atoms with Gasteiger partial charge >= 0.3 is 0 Å². The molecule has 108 valence electrons. The molecule has 0 atom stereocenters. The Morgan fingerprint density at radius 2 is 2.10 bits per heavy atom. The molecule has 0 spiro atoms. The van der Waals surface area contributed by atoms with Gasteiger partial charge in [-0.25, -0.2) is 4.98 Å². The quantitative estimate of drug-likeness (QED) is 0.906. The summed E-state index contributed by atoms with van der Waals surface area (Å²) in [6.45, 7) is 0.817. The van der Waals surface area contributed by atoms with Gasteiger partial charge in [-0.05, 0) is 36.6 Å². The number of carbonyl (C=O) groups excluding carboxylic acids is 1. The molecule has 2 aromatic rings. The molecule has 1 aliphatic heterocycles. The first-order valence-corrected chi connectivity index (χ1v) is 7.09. The van der Waals surface area contributed by atoms with Crippen LogP contribution in [0.3, 0.4) is 0 Å². The van der Waals surface area contributed by atoms with E-state index in [-0.39, 0.29) is 5.91 Å². The van der Waals surface area contributed by atoms with Gasteiger partial charge in [0.2, 0.25) is 0 Å². The van der Waals surface area contributed by atoms with Gasteiger partial charge in [0.1, 0.15) is 5.82 Å². The molecule has 0 unspecified atom stereocenters. The summed E-state index contributed by atoms with van der Waals surface area (Å²) in [5.41, 5.74) is 5.87. The predicted molar refractivity (Wildman–Crippen MR) is 83.4 cm³/mol. The van der Waals surface area contributed by atoms with Crippen molar-refractivity contribution in [3.8, 4) is 0 Å². The molecule has 1 aromatic carbocycles. The van der Waals surface area contributed by atoms with E-state index < -0.39 is 0 Å². The number of para-hydroxylation sites is 1. The van der Waals surface area contributed by atoms with Crippen molar-refractivity contribution < 1.29 is 4.79 Å². The first kappa shape index (κ1) is 13.4. The number of hydrogen-bond donors (Lipinski definition) is 2. The Morgan fingerprint density at radius 1 is 1.24 bits per heavy atom. The minimum absolute atomic E-state index is 0.149. The van der Waals surface area contributed by atoms with Crippen molar-refractivity contribution in [3.05, 3.63) is 53.7 Å². The van der Waals surface area contributed by atoms with Crippen LogP contribution in [0.2, 0.25) is 0 Å². The normalized spacial score (nSPS) is 13.5. The molecule has 21 heavy (non-hydrogen) atoms. The average molecular weight is 282 g/mol. The summed E-state index contributed by atoms with van der Waals surface area (Å²) in [5, 5.41) is 4.87. The highest BCUT2D eigenvalue weighted by Crippen LogP contribution is 2.25. The predicted octanol–water partition coefficient (Wildman–Crippen LogP) is 2.22. The second-order valence-electron chi connectivity index (χ2n) is 4.97. The monoisotopic (exact) mass is 282 g/mol. The van der Waals surface area contributed by atoms with E-state index in [1.165, 1.54) is 5.56 Å². The molecule has 0 bridgehead atoms. The van der Waals surface area contributed by atoms with Gasteiger partial charge in [0, 0.05) is 19.8 Å². The zero-order valence-electron chi connectivity index (χ0n) is 12.0. The first-order chi connectivity index (χ1) is 10.3. The number of rotatable bonds is 3. The third-order valence-corrected chi connectivity index (χ3v) is 3.64. The van der Waals surface area contributed by atoms with E-state index in [0.29, 0.717) is 11.4 Å². The number of carbonyl (C=O) groups is 1. The summed E-state index contributed by atoms with van der Waals surface area (Å²) in [4.78, 5) is 16.6. The summed E-state index contributed by atoms with van der Waals surface area (Å²) >= 11 is 0. The van der Waals surface area contributed by atoms with Crippen LogP contribution in [0.15, 0.2) is 42.6 Å². The fourth-order valence-corrected chi connectivity index (χ4v) is 2.62. The molecule has 1 aliphatic rings. The number of aryl methyl sites for hydroxylation is 1. The molecule has 0 saturated carbocycles. The van der Waals surface area contributed by atoms with Crippen molar-refractivity contribution in [2.75, 3.05) is 23.9 Å². The van der Waals surface area contributed by atoms with Crippen LogP contribution in [0.4, 0.5) is 11.5 Å². The summed E-state index contributed by atoms with van der Waals surface area (Å²) in [6, 6.07) is 11.7. The molecule has 3 rings (SSSR count). The molecule has 0 saturated heterocycles. The molecule has 5 nitrogen and oxygen atoms in total. The van der Waals surface area contributed by atoms with Gasteiger partial charge in [-0.2, -0.15) is 0 Å². The maximum absolute atomic E-state index is 12.5. The molecule has 0 aliphatic carbocycles. The van der Waals surface area contributed by atoms with Crippen LogP contribution in [-0.4, -0.2) is 24.5 Å². The van der Waals surface area contributed by atoms with Crippen LogP contribution in [0.25, 0.3) is 0 Å². The van der Waals surface area contributed by atoms with Gasteiger partial charge in [-0.3, -0.25) is 15.2 Å². The van der Waals surface area contributed by atoms with Crippen molar-refractivity contribution in [1.82, 2.24) is 10.4 Å². The number of fused-ring (bicyclic) bond motifs is 1. The van der Waals surface area contributed by atoms with E-state index in [9.17, 15) is 4.79 Å². The summed E-state index contributed by atoms with van der Waals surface area (Å²) in [7, 11) is 1.76. The number of anilines is 2. The molecule has 2 N–H and O–H groups in total. The average Bonchev–Trinajstić information content (AvgIpc) is 2.55. The van der Waals surface area contributed by atoms with Gasteiger partial charge in [-0.1, -0.05) is 18.2 Å². The number of amides is 1. The summed E-state index contributed by atoms with van der Waals surface area (Å²) < 4.78 is 0. The fraction of sp³-hybridized carbons (Fsp3) is 0.250. The van der Waals surface area contributed by atoms with E-state index in [1.54, 1.807) is 25.4 Å². The molecule has 2 heterocycles. The second-order valence-corrected chi connectivity index (χ2v) is 4.97. The highest BCUT2D eigenvalue weighted by Gasteiger charge is 2.20. The van der Waals surface area contributed by atoms with Crippen LogP contribution >= 0.6 is 0 Å². The topological polar surface area (TPSA) is 57.3 Å². The van der Waals surface area contributed by atoms with Crippen molar-refractivity contribution in [1.29, 1.82) is 0 Å². The van der Waals surface area contributed by atoms with E-state index in [1.807, 2.05) is 23.2 Å². The number of nitrogens with zero attached hydrogens (tertiary/aromatic N) is 2. The smallest absolute Gasteiger partial charge is 0.273 e. The van der Waals surface area contributed by atoms with Crippen LogP contribution in [-0.2, 0) is 6.42 Å². The zero-order chi connectivity index (χ0) is 14.7. The van der Waals surface area contributed by atoms with Crippen molar-refractivity contribution in [2.45, 2.75) is 12.8 Å². The Labute approximate surface area is 124 Å². The Balaban J connectivity index is 1.83. The molecule has 1 amide bonds. The van der Waals surface area contributed by atoms with Crippen LogP contribution in [0.5, 0.6) is 0 Å². The zero-order valence-corrected chi connectivity index (χ0v) is 12.0. The Morgan fingerprint density at radius 3 is 2.95 bits per heavy atom. The van der Waals surface area contributed by atoms with E-state index in [4.69, 9.17) is 0 Å². The third kappa shape index (κ3) is 2.67. The first-order valence-electron chi connectivity index (χ1n) is 7.09. The molecule has 0 radical (unpaired) electrons. The summed E-state index contributed by atoms with van der Waals surface area (Å²) in [5.74, 6) is 0.435. The van der Waals surface area contributed by atoms with E-state index in [0.717, 1.165) is 25.1 Å². The van der Waals surface area contributed by atoms with Crippen molar-refractivity contribution in [2.24, 2.45) is 0 Å².